The van der Waals surface area contributed by atoms with Gasteiger partial charge in [0.05, 0.1) is 18.3 Å². The van der Waals surface area contributed by atoms with Crippen LogP contribution in [0.4, 0.5) is 8.78 Å². The molecular formula is C19H26F2N4O3. The Kier molecular flexibility index (Phi) is 8.19. The summed E-state index contributed by atoms with van der Waals surface area (Å²) in [7, 11) is 0. The second kappa shape index (κ2) is 10.6. The molecule has 0 aliphatic carbocycles. The van der Waals surface area contributed by atoms with Gasteiger partial charge in [-0.05, 0) is 44.9 Å². The highest BCUT2D eigenvalue weighted by Gasteiger charge is 2.11. The molecule has 3 N–H and O–H groups in total. The van der Waals surface area contributed by atoms with Gasteiger partial charge in [0.15, 0.2) is 5.96 Å². The van der Waals surface area contributed by atoms with Crippen molar-refractivity contribution in [2.24, 2.45) is 4.99 Å². The van der Waals surface area contributed by atoms with Gasteiger partial charge >= 0.3 is 6.61 Å². The second-order valence-corrected chi connectivity index (χ2v) is 6.16. The van der Waals surface area contributed by atoms with Crippen LogP contribution in [0.2, 0.25) is 0 Å². The Morgan fingerprint density at radius 1 is 1.25 bits per heavy atom. The average molecular weight is 396 g/mol. The first-order valence-electron chi connectivity index (χ1n) is 9.07. The number of aliphatic hydroxyl groups is 1. The maximum atomic E-state index is 12.2. The first kappa shape index (κ1) is 21.6. The highest BCUT2D eigenvalue weighted by molar-refractivity contribution is 5.79. The summed E-state index contributed by atoms with van der Waals surface area (Å²) in [6.07, 6.45) is -0.127. The minimum Gasteiger partial charge on any atom is -0.435 e. The number of benzene rings is 1. The van der Waals surface area contributed by atoms with E-state index in [9.17, 15) is 13.9 Å². The Balaban J connectivity index is 1.90. The summed E-state index contributed by atoms with van der Waals surface area (Å²) in [6.45, 7) is 4.28. The SMILES string of the molecule is CCNC(=NCC(O)c1ccc(OC(F)F)cc1)NCCc1c(C)noc1C. The minimum atomic E-state index is -2.88. The minimum absolute atomic E-state index is 0.0452. The molecule has 1 unspecified atom stereocenters. The fourth-order valence-corrected chi connectivity index (χ4v) is 2.66. The molecule has 1 atom stereocenters. The van der Waals surface area contributed by atoms with Crippen LogP contribution in [0.5, 0.6) is 5.75 Å². The average Bonchev–Trinajstić information content (AvgIpc) is 2.98. The van der Waals surface area contributed by atoms with Crippen molar-refractivity contribution in [1.29, 1.82) is 0 Å². The van der Waals surface area contributed by atoms with Crippen molar-refractivity contribution in [3.05, 3.63) is 46.8 Å². The number of aryl methyl sites for hydroxylation is 2. The lowest BCUT2D eigenvalue weighted by Gasteiger charge is -2.14. The van der Waals surface area contributed by atoms with Crippen molar-refractivity contribution in [3.63, 3.8) is 0 Å². The lowest BCUT2D eigenvalue weighted by Crippen LogP contribution is -2.38. The van der Waals surface area contributed by atoms with Crippen LogP contribution in [0.3, 0.4) is 0 Å². The molecule has 0 aliphatic heterocycles. The number of ether oxygens (including phenoxy) is 1. The molecule has 0 fully saturated rings. The van der Waals surface area contributed by atoms with Crippen LogP contribution in [0.1, 0.15) is 35.6 Å². The van der Waals surface area contributed by atoms with Gasteiger partial charge < -0.3 is 25.0 Å². The number of alkyl halides is 2. The monoisotopic (exact) mass is 396 g/mol. The number of aliphatic imine (C=N–C) groups is 1. The van der Waals surface area contributed by atoms with Crippen molar-refractivity contribution in [3.8, 4) is 5.75 Å². The van der Waals surface area contributed by atoms with Gasteiger partial charge in [-0.15, -0.1) is 0 Å². The molecular weight excluding hydrogens is 370 g/mol. The predicted molar refractivity (Wildman–Crippen MR) is 102 cm³/mol. The molecule has 0 amide bonds. The number of aromatic nitrogens is 1. The zero-order valence-corrected chi connectivity index (χ0v) is 16.2. The van der Waals surface area contributed by atoms with Crippen LogP contribution in [0, 0.1) is 13.8 Å². The molecule has 0 spiro atoms. The van der Waals surface area contributed by atoms with Gasteiger partial charge in [-0.25, -0.2) is 0 Å². The van der Waals surface area contributed by atoms with Crippen molar-refractivity contribution in [2.45, 2.75) is 39.9 Å². The Morgan fingerprint density at radius 3 is 2.54 bits per heavy atom. The summed E-state index contributed by atoms with van der Waals surface area (Å²) in [5.74, 6) is 1.42. The molecule has 2 aromatic rings. The predicted octanol–water partition coefficient (Wildman–Crippen LogP) is 2.72. The number of hydrogen-bond acceptors (Lipinski definition) is 5. The van der Waals surface area contributed by atoms with Crippen molar-refractivity contribution in [1.82, 2.24) is 15.8 Å². The van der Waals surface area contributed by atoms with Gasteiger partial charge in [0, 0.05) is 18.7 Å². The topological polar surface area (TPSA) is 91.9 Å². The number of aliphatic hydroxyl groups excluding tert-OH is 1. The van der Waals surface area contributed by atoms with E-state index in [0.717, 1.165) is 23.4 Å². The Labute approximate surface area is 162 Å². The number of hydrogen-bond donors (Lipinski definition) is 3. The summed E-state index contributed by atoms with van der Waals surface area (Å²) >= 11 is 0. The molecule has 9 heteroatoms. The van der Waals surface area contributed by atoms with Crippen molar-refractivity contribution < 1.29 is 23.1 Å². The Morgan fingerprint density at radius 2 is 1.96 bits per heavy atom. The van der Waals surface area contributed by atoms with E-state index in [1.807, 2.05) is 20.8 Å². The smallest absolute Gasteiger partial charge is 0.387 e. The summed E-state index contributed by atoms with van der Waals surface area (Å²) < 4.78 is 33.8. The molecule has 0 aliphatic rings. The van der Waals surface area contributed by atoms with E-state index in [1.165, 1.54) is 24.3 Å². The number of halogens is 2. The van der Waals surface area contributed by atoms with E-state index in [4.69, 9.17) is 4.52 Å². The second-order valence-electron chi connectivity index (χ2n) is 6.16. The lowest BCUT2D eigenvalue weighted by molar-refractivity contribution is -0.0498. The summed E-state index contributed by atoms with van der Waals surface area (Å²) in [5, 5.41) is 20.5. The summed E-state index contributed by atoms with van der Waals surface area (Å²) in [6, 6.07) is 5.86. The number of guanidine groups is 1. The van der Waals surface area contributed by atoms with Gasteiger partial charge in [0.1, 0.15) is 11.5 Å². The molecule has 0 saturated carbocycles. The van der Waals surface area contributed by atoms with Crippen LogP contribution < -0.4 is 15.4 Å². The van der Waals surface area contributed by atoms with E-state index in [1.54, 1.807) is 0 Å². The Hall–Kier alpha value is -2.68. The Bertz CT molecular complexity index is 744. The standard InChI is InChI=1S/C19H26F2N4O3/c1-4-22-19(23-10-9-16-12(2)25-28-13(16)3)24-11-17(26)14-5-7-15(8-6-14)27-18(20)21/h5-8,17-18,26H,4,9-11H2,1-3H3,(H2,22,23,24). The highest BCUT2D eigenvalue weighted by atomic mass is 19.3. The molecule has 2 rings (SSSR count). The first-order valence-corrected chi connectivity index (χ1v) is 9.07. The van der Waals surface area contributed by atoms with Gasteiger partial charge in [-0.1, -0.05) is 17.3 Å². The van der Waals surface area contributed by atoms with Crippen LogP contribution in [-0.2, 0) is 6.42 Å². The van der Waals surface area contributed by atoms with Crippen LogP contribution in [0.15, 0.2) is 33.8 Å². The van der Waals surface area contributed by atoms with Gasteiger partial charge in [-0.2, -0.15) is 8.78 Å². The van der Waals surface area contributed by atoms with E-state index >= 15 is 0 Å². The fraction of sp³-hybridized carbons (Fsp3) is 0.474. The third-order valence-electron chi connectivity index (χ3n) is 4.11. The lowest BCUT2D eigenvalue weighted by atomic mass is 10.1. The maximum absolute atomic E-state index is 12.2. The summed E-state index contributed by atoms with van der Waals surface area (Å²) in [5.41, 5.74) is 2.50. The first-order chi connectivity index (χ1) is 13.4. The third-order valence-corrected chi connectivity index (χ3v) is 4.11. The number of nitrogens with one attached hydrogen (secondary N) is 2. The van der Waals surface area contributed by atoms with E-state index in [2.05, 4.69) is 25.5 Å². The molecule has 0 radical (unpaired) electrons. The highest BCUT2D eigenvalue weighted by Crippen LogP contribution is 2.19. The molecule has 0 bridgehead atoms. The van der Waals surface area contributed by atoms with E-state index < -0.39 is 12.7 Å². The van der Waals surface area contributed by atoms with Crippen LogP contribution in [0.25, 0.3) is 0 Å². The number of rotatable bonds is 9. The largest absolute Gasteiger partial charge is 0.435 e. The maximum Gasteiger partial charge on any atom is 0.387 e. The normalized spacial score (nSPS) is 12.9. The zero-order chi connectivity index (χ0) is 20.5. The molecule has 1 heterocycles. The molecule has 1 aromatic heterocycles. The zero-order valence-electron chi connectivity index (χ0n) is 16.2. The quantitative estimate of drug-likeness (QED) is 0.446. The van der Waals surface area contributed by atoms with Crippen molar-refractivity contribution in [2.75, 3.05) is 19.6 Å². The summed E-state index contributed by atoms with van der Waals surface area (Å²) in [4.78, 5) is 4.38. The van der Waals surface area contributed by atoms with Crippen LogP contribution in [-0.4, -0.2) is 42.5 Å². The van der Waals surface area contributed by atoms with E-state index in [-0.39, 0.29) is 12.3 Å². The molecule has 7 nitrogen and oxygen atoms in total. The third kappa shape index (κ3) is 6.49. The van der Waals surface area contributed by atoms with E-state index in [0.29, 0.717) is 24.6 Å². The van der Waals surface area contributed by atoms with Gasteiger partial charge in [0.2, 0.25) is 0 Å². The van der Waals surface area contributed by atoms with Crippen molar-refractivity contribution >= 4 is 5.96 Å². The van der Waals surface area contributed by atoms with Crippen LogP contribution >= 0.6 is 0 Å². The molecule has 28 heavy (non-hydrogen) atoms. The fourth-order valence-electron chi connectivity index (χ4n) is 2.66. The molecule has 1 aromatic carbocycles. The van der Waals surface area contributed by atoms with Gasteiger partial charge in [-0.3, -0.25) is 4.99 Å². The molecule has 154 valence electrons. The van der Waals surface area contributed by atoms with Gasteiger partial charge in [0.25, 0.3) is 0 Å². The number of nitrogens with zero attached hydrogens (tertiary/aromatic N) is 2. The molecule has 0 saturated heterocycles.